The Kier molecular flexibility index (Phi) is 4.78. The van der Waals surface area contributed by atoms with Crippen molar-refractivity contribution in [3.63, 3.8) is 0 Å². The molecule has 18 heavy (non-hydrogen) atoms. The van der Waals surface area contributed by atoms with Crippen LogP contribution in [-0.4, -0.2) is 40.4 Å². The second-order valence-corrected chi connectivity index (χ2v) is 5.41. The lowest BCUT2D eigenvalue weighted by Gasteiger charge is -2.30. The van der Waals surface area contributed by atoms with Crippen molar-refractivity contribution in [2.24, 2.45) is 7.05 Å². The highest BCUT2D eigenvalue weighted by Crippen LogP contribution is 2.21. The van der Waals surface area contributed by atoms with Gasteiger partial charge in [-0.05, 0) is 39.3 Å². The quantitative estimate of drug-likeness (QED) is 0.837. The Morgan fingerprint density at radius 3 is 3.00 bits per heavy atom. The Hall–Kier alpha value is -0.870. The van der Waals surface area contributed by atoms with E-state index in [0.29, 0.717) is 12.1 Å². The van der Waals surface area contributed by atoms with Crippen molar-refractivity contribution < 1.29 is 0 Å². The van der Waals surface area contributed by atoms with Crippen LogP contribution in [0.15, 0.2) is 12.4 Å². The van der Waals surface area contributed by atoms with E-state index in [2.05, 4.69) is 35.4 Å². The second kappa shape index (κ2) is 6.34. The van der Waals surface area contributed by atoms with Gasteiger partial charge in [-0.25, -0.2) is 0 Å². The average Bonchev–Trinajstić information content (AvgIpc) is 2.99. The van der Waals surface area contributed by atoms with E-state index in [1.54, 1.807) is 0 Å². The van der Waals surface area contributed by atoms with Crippen molar-refractivity contribution in [1.82, 2.24) is 20.0 Å². The highest BCUT2D eigenvalue weighted by molar-refractivity contribution is 5.09. The molecular weight excluding hydrogens is 224 g/mol. The summed E-state index contributed by atoms with van der Waals surface area (Å²) in [5, 5.41) is 7.88. The Morgan fingerprint density at radius 1 is 1.61 bits per heavy atom. The lowest BCUT2D eigenvalue weighted by atomic mass is 10.1. The van der Waals surface area contributed by atoms with E-state index in [0.717, 1.165) is 13.1 Å². The van der Waals surface area contributed by atoms with E-state index in [1.165, 1.54) is 31.4 Å². The van der Waals surface area contributed by atoms with Crippen molar-refractivity contribution in [3.05, 3.63) is 18.0 Å². The number of aryl methyl sites for hydroxylation is 1. The first-order valence-corrected chi connectivity index (χ1v) is 7.16. The van der Waals surface area contributed by atoms with E-state index in [4.69, 9.17) is 0 Å². The minimum absolute atomic E-state index is 0.459. The van der Waals surface area contributed by atoms with Gasteiger partial charge in [-0.15, -0.1) is 0 Å². The van der Waals surface area contributed by atoms with Gasteiger partial charge in [0.15, 0.2) is 0 Å². The minimum atomic E-state index is 0.459. The van der Waals surface area contributed by atoms with E-state index >= 15 is 0 Å². The van der Waals surface area contributed by atoms with E-state index in [-0.39, 0.29) is 0 Å². The summed E-state index contributed by atoms with van der Waals surface area (Å²) in [6, 6.07) is 1.14. The highest BCUT2D eigenvalue weighted by atomic mass is 15.3. The Bertz CT molecular complexity index is 354. The first-order valence-electron chi connectivity index (χ1n) is 7.16. The van der Waals surface area contributed by atoms with Crippen LogP contribution in [0, 0.1) is 0 Å². The predicted molar refractivity (Wildman–Crippen MR) is 74.5 cm³/mol. The van der Waals surface area contributed by atoms with Gasteiger partial charge in [0.05, 0.1) is 6.20 Å². The number of rotatable bonds is 6. The van der Waals surface area contributed by atoms with Gasteiger partial charge in [-0.2, -0.15) is 5.10 Å². The molecule has 1 aliphatic rings. The summed E-state index contributed by atoms with van der Waals surface area (Å²) in [5.41, 5.74) is 1.32. The normalized spacial score (nSPS) is 21.7. The van der Waals surface area contributed by atoms with E-state index < -0.39 is 0 Å². The van der Waals surface area contributed by atoms with Crippen LogP contribution in [0.1, 0.15) is 44.7 Å². The van der Waals surface area contributed by atoms with Gasteiger partial charge >= 0.3 is 0 Å². The number of hydrogen-bond acceptors (Lipinski definition) is 3. The molecule has 1 aliphatic heterocycles. The molecule has 1 aromatic heterocycles. The first-order chi connectivity index (χ1) is 8.70. The molecular formula is C14H26N4. The lowest BCUT2D eigenvalue weighted by molar-refractivity contribution is 0.192. The zero-order valence-corrected chi connectivity index (χ0v) is 11.9. The molecule has 102 valence electrons. The van der Waals surface area contributed by atoms with Crippen molar-refractivity contribution in [3.8, 4) is 0 Å². The third kappa shape index (κ3) is 3.33. The van der Waals surface area contributed by atoms with Crippen LogP contribution in [0.2, 0.25) is 0 Å². The van der Waals surface area contributed by atoms with Gasteiger partial charge in [0.2, 0.25) is 0 Å². The monoisotopic (exact) mass is 250 g/mol. The molecule has 0 radical (unpaired) electrons. The molecule has 2 unspecified atom stereocenters. The summed E-state index contributed by atoms with van der Waals surface area (Å²) in [6.07, 6.45) is 7.98. The largest absolute Gasteiger partial charge is 0.313 e. The van der Waals surface area contributed by atoms with Gasteiger partial charge in [-0.1, -0.05) is 6.92 Å². The van der Waals surface area contributed by atoms with Crippen LogP contribution in [0.5, 0.6) is 0 Å². The summed E-state index contributed by atoms with van der Waals surface area (Å²) in [5.74, 6) is 0. The van der Waals surface area contributed by atoms with Crippen LogP contribution in [0.25, 0.3) is 0 Å². The third-order valence-corrected chi connectivity index (χ3v) is 3.88. The van der Waals surface area contributed by atoms with Crippen LogP contribution in [-0.2, 0) is 7.05 Å². The molecule has 2 atom stereocenters. The van der Waals surface area contributed by atoms with E-state index in [1.807, 2.05) is 17.9 Å². The Balaban J connectivity index is 1.98. The smallest absolute Gasteiger partial charge is 0.0537 e. The van der Waals surface area contributed by atoms with Crippen molar-refractivity contribution in [2.45, 2.75) is 45.2 Å². The van der Waals surface area contributed by atoms with Gasteiger partial charge in [0.1, 0.15) is 0 Å². The Labute approximate surface area is 110 Å². The molecule has 0 spiro atoms. The molecule has 0 aliphatic carbocycles. The number of hydrogen-bond donors (Lipinski definition) is 1. The second-order valence-electron chi connectivity index (χ2n) is 5.41. The van der Waals surface area contributed by atoms with Gasteiger partial charge in [0, 0.05) is 37.4 Å². The molecule has 0 bridgehead atoms. The molecule has 1 aromatic rings. The van der Waals surface area contributed by atoms with E-state index in [9.17, 15) is 0 Å². The van der Waals surface area contributed by atoms with Gasteiger partial charge in [-0.3, -0.25) is 9.58 Å². The molecule has 2 heterocycles. The third-order valence-electron chi connectivity index (χ3n) is 3.88. The molecule has 1 saturated heterocycles. The fourth-order valence-electron chi connectivity index (χ4n) is 2.79. The van der Waals surface area contributed by atoms with Crippen molar-refractivity contribution in [1.29, 1.82) is 0 Å². The number of aromatic nitrogens is 2. The fraction of sp³-hybridized carbons (Fsp3) is 0.786. The van der Waals surface area contributed by atoms with Gasteiger partial charge in [0.25, 0.3) is 0 Å². The lowest BCUT2D eigenvalue weighted by Crippen LogP contribution is -2.39. The van der Waals surface area contributed by atoms with Crippen molar-refractivity contribution in [2.75, 3.05) is 19.6 Å². The molecule has 1 N–H and O–H groups in total. The summed E-state index contributed by atoms with van der Waals surface area (Å²) in [6.45, 7) is 8.05. The van der Waals surface area contributed by atoms with Crippen LogP contribution >= 0.6 is 0 Å². The molecule has 4 heteroatoms. The van der Waals surface area contributed by atoms with Crippen LogP contribution in [0.3, 0.4) is 0 Å². The summed E-state index contributed by atoms with van der Waals surface area (Å²) >= 11 is 0. The maximum Gasteiger partial charge on any atom is 0.0537 e. The molecule has 4 nitrogen and oxygen atoms in total. The zero-order valence-electron chi connectivity index (χ0n) is 11.9. The minimum Gasteiger partial charge on any atom is -0.313 e. The summed E-state index contributed by atoms with van der Waals surface area (Å²) in [7, 11) is 1.99. The van der Waals surface area contributed by atoms with Crippen LogP contribution in [0.4, 0.5) is 0 Å². The fourth-order valence-corrected chi connectivity index (χ4v) is 2.79. The molecule has 2 rings (SSSR count). The number of nitrogens with one attached hydrogen (secondary N) is 1. The topological polar surface area (TPSA) is 33.1 Å². The summed E-state index contributed by atoms with van der Waals surface area (Å²) < 4.78 is 1.89. The first kappa shape index (κ1) is 13.6. The molecule has 0 amide bonds. The standard InChI is InChI=1S/C14H26N4/c1-4-8-18(11-14-6-5-7-15-14)12(2)13-9-16-17(3)10-13/h9-10,12,14-15H,4-8,11H2,1-3H3. The zero-order chi connectivity index (χ0) is 13.0. The molecule has 1 fully saturated rings. The number of nitrogens with zero attached hydrogens (tertiary/aromatic N) is 3. The molecule has 0 aromatic carbocycles. The summed E-state index contributed by atoms with van der Waals surface area (Å²) in [4.78, 5) is 2.58. The van der Waals surface area contributed by atoms with Crippen molar-refractivity contribution >= 4 is 0 Å². The SMILES string of the molecule is CCCN(CC1CCCN1)C(C)c1cnn(C)c1. The predicted octanol–water partition coefficient (Wildman–Crippen LogP) is 1.95. The maximum atomic E-state index is 4.29. The van der Waals surface area contributed by atoms with Crippen LogP contribution < -0.4 is 5.32 Å². The average molecular weight is 250 g/mol. The molecule has 0 saturated carbocycles. The Morgan fingerprint density at radius 2 is 2.44 bits per heavy atom. The van der Waals surface area contributed by atoms with Gasteiger partial charge < -0.3 is 5.32 Å². The highest BCUT2D eigenvalue weighted by Gasteiger charge is 2.22. The maximum absolute atomic E-state index is 4.29.